The van der Waals surface area contributed by atoms with Crippen molar-refractivity contribution in [3.63, 3.8) is 0 Å². The van der Waals surface area contributed by atoms with E-state index in [0.717, 1.165) is 32.1 Å². The van der Waals surface area contributed by atoms with Gasteiger partial charge in [-0.2, -0.15) is 0 Å². The summed E-state index contributed by atoms with van der Waals surface area (Å²) in [5.74, 6) is -3.57. The average molecular weight is 230 g/mol. The van der Waals surface area contributed by atoms with Crippen LogP contribution in [0.15, 0.2) is 0 Å². The fourth-order valence-electron chi connectivity index (χ4n) is 1.73. The zero-order valence-corrected chi connectivity index (χ0v) is 10.1. The van der Waals surface area contributed by atoms with E-state index < -0.39 is 23.8 Å². The molecule has 0 rings (SSSR count). The van der Waals surface area contributed by atoms with Crippen LogP contribution in [-0.2, 0) is 9.59 Å². The standard InChI is InChI=1S/C12H22O4/c1-3-4-5-6-7-8-10(12(15)16)9(2)11(13)14/h9-10H,3-8H2,1-2H3,(H,13,14)(H,15,16). The minimum absolute atomic E-state index is 0.465. The van der Waals surface area contributed by atoms with Crippen molar-refractivity contribution in [2.75, 3.05) is 0 Å². The van der Waals surface area contributed by atoms with E-state index in [1.165, 1.54) is 6.92 Å². The minimum Gasteiger partial charge on any atom is -0.481 e. The third-order valence-electron chi connectivity index (χ3n) is 2.93. The summed E-state index contributed by atoms with van der Waals surface area (Å²) in [7, 11) is 0. The van der Waals surface area contributed by atoms with Gasteiger partial charge in [-0.25, -0.2) is 0 Å². The fourth-order valence-corrected chi connectivity index (χ4v) is 1.73. The zero-order valence-electron chi connectivity index (χ0n) is 10.1. The molecule has 0 saturated heterocycles. The van der Waals surface area contributed by atoms with Crippen molar-refractivity contribution >= 4 is 11.9 Å². The molecular weight excluding hydrogens is 208 g/mol. The van der Waals surface area contributed by atoms with E-state index in [4.69, 9.17) is 10.2 Å². The molecule has 0 radical (unpaired) electrons. The molecule has 2 unspecified atom stereocenters. The van der Waals surface area contributed by atoms with E-state index in [2.05, 4.69) is 6.92 Å². The predicted octanol–water partition coefficient (Wildman–Crippen LogP) is 2.77. The Morgan fingerprint density at radius 3 is 2.00 bits per heavy atom. The second-order valence-corrected chi connectivity index (χ2v) is 4.27. The maximum atomic E-state index is 10.9. The molecule has 0 aliphatic heterocycles. The van der Waals surface area contributed by atoms with Gasteiger partial charge in [0.1, 0.15) is 0 Å². The summed E-state index contributed by atoms with van der Waals surface area (Å²) in [6, 6.07) is 0. The molecule has 2 atom stereocenters. The topological polar surface area (TPSA) is 74.6 Å². The molecular formula is C12H22O4. The van der Waals surface area contributed by atoms with Crippen LogP contribution in [-0.4, -0.2) is 22.2 Å². The Bertz CT molecular complexity index is 225. The van der Waals surface area contributed by atoms with Gasteiger partial charge in [-0.3, -0.25) is 9.59 Å². The molecule has 0 spiro atoms. The lowest BCUT2D eigenvalue weighted by molar-refractivity contribution is -0.153. The summed E-state index contributed by atoms with van der Waals surface area (Å²) in [6.45, 7) is 3.58. The zero-order chi connectivity index (χ0) is 12.6. The largest absolute Gasteiger partial charge is 0.481 e. The highest BCUT2D eigenvalue weighted by molar-refractivity contribution is 5.79. The Labute approximate surface area is 96.7 Å². The number of aliphatic carboxylic acids is 2. The molecule has 16 heavy (non-hydrogen) atoms. The Balaban J connectivity index is 3.96. The van der Waals surface area contributed by atoms with E-state index in [0.29, 0.717) is 6.42 Å². The average Bonchev–Trinajstić information content (AvgIpc) is 2.21. The summed E-state index contributed by atoms with van der Waals surface area (Å²) in [5.41, 5.74) is 0. The smallest absolute Gasteiger partial charge is 0.307 e. The molecule has 4 heteroatoms. The third kappa shape index (κ3) is 5.73. The Kier molecular flexibility index (Phi) is 7.60. The first-order chi connectivity index (χ1) is 7.50. The van der Waals surface area contributed by atoms with Gasteiger partial charge in [0.25, 0.3) is 0 Å². The van der Waals surface area contributed by atoms with Gasteiger partial charge in [-0.1, -0.05) is 46.0 Å². The highest BCUT2D eigenvalue weighted by Gasteiger charge is 2.29. The number of carbonyl (C=O) groups is 2. The SMILES string of the molecule is CCCCCCCC(C(=O)O)C(C)C(=O)O. The molecule has 0 fully saturated rings. The van der Waals surface area contributed by atoms with E-state index >= 15 is 0 Å². The van der Waals surface area contributed by atoms with Crippen molar-refractivity contribution in [1.29, 1.82) is 0 Å². The quantitative estimate of drug-likeness (QED) is 0.597. The summed E-state index contributed by atoms with van der Waals surface area (Å²) in [5, 5.41) is 17.7. The van der Waals surface area contributed by atoms with E-state index in [-0.39, 0.29) is 0 Å². The van der Waals surface area contributed by atoms with E-state index in [1.54, 1.807) is 0 Å². The molecule has 0 aromatic carbocycles. The molecule has 0 aromatic heterocycles. The van der Waals surface area contributed by atoms with Crippen LogP contribution in [0, 0.1) is 11.8 Å². The van der Waals surface area contributed by atoms with Gasteiger partial charge in [0.15, 0.2) is 0 Å². The van der Waals surface area contributed by atoms with Crippen molar-refractivity contribution in [2.24, 2.45) is 11.8 Å². The number of carboxylic acid groups (broad SMARTS) is 2. The van der Waals surface area contributed by atoms with Gasteiger partial charge >= 0.3 is 11.9 Å². The van der Waals surface area contributed by atoms with Crippen molar-refractivity contribution in [3.05, 3.63) is 0 Å². The molecule has 0 heterocycles. The molecule has 0 saturated carbocycles. The maximum absolute atomic E-state index is 10.9. The number of unbranched alkanes of at least 4 members (excludes halogenated alkanes) is 4. The highest BCUT2D eigenvalue weighted by Crippen LogP contribution is 2.20. The molecule has 0 amide bonds. The lowest BCUT2D eigenvalue weighted by Crippen LogP contribution is -2.27. The van der Waals surface area contributed by atoms with Gasteiger partial charge in [0.2, 0.25) is 0 Å². The second kappa shape index (κ2) is 8.13. The normalized spacial score (nSPS) is 14.4. The number of hydrogen-bond donors (Lipinski definition) is 2. The van der Waals surface area contributed by atoms with Crippen LogP contribution in [0.3, 0.4) is 0 Å². The van der Waals surface area contributed by atoms with Gasteiger partial charge in [0.05, 0.1) is 11.8 Å². The lowest BCUT2D eigenvalue weighted by atomic mass is 9.89. The second-order valence-electron chi connectivity index (χ2n) is 4.27. The molecule has 0 aromatic rings. The molecule has 0 aliphatic rings. The van der Waals surface area contributed by atoms with E-state index in [9.17, 15) is 9.59 Å². The third-order valence-corrected chi connectivity index (χ3v) is 2.93. The highest BCUT2D eigenvalue weighted by atomic mass is 16.4. The first kappa shape index (κ1) is 14.9. The van der Waals surface area contributed by atoms with Crippen LogP contribution in [0.4, 0.5) is 0 Å². The first-order valence-electron chi connectivity index (χ1n) is 5.96. The van der Waals surface area contributed by atoms with E-state index in [1.807, 2.05) is 0 Å². The van der Waals surface area contributed by atoms with Gasteiger partial charge in [-0.15, -0.1) is 0 Å². The summed E-state index contributed by atoms with van der Waals surface area (Å²) >= 11 is 0. The Morgan fingerprint density at radius 2 is 1.56 bits per heavy atom. The van der Waals surface area contributed by atoms with Gasteiger partial charge < -0.3 is 10.2 Å². The van der Waals surface area contributed by atoms with Gasteiger partial charge in [0, 0.05) is 0 Å². The molecule has 4 nitrogen and oxygen atoms in total. The molecule has 0 aliphatic carbocycles. The van der Waals surface area contributed by atoms with Crippen LogP contribution in [0.2, 0.25) is 0 Å². The molecule has 2 N–H and O–H groups in total. The van der Waals surface area contributed by atoms with Crippen molar-refractivity contribution < 1.29 is 19.8 Å². The summed E-state index contributed by atoms with van der Waals surface area (Å²) in [6.07, 6.45) is 5.66. The van der Waals surface area contributed by atoms with Crippen LogP contribution >= 0.6 is 0 Å². The van der Waals surface area contributed by atoms with Crippen LogP contribution < -0.4 is 0 Å². The first-order valence-corrected chi connectivity index (χ1v) is 5.96. The summed E-state index contributed by atoms with van der Waals surface area (Å²) in [4.78, 5) is 21.6. The predicted molar refractivity (Wildman–Crippen MR) is 61.3 cm³/mol. The number of hydrogen-bond acceptors (Lipinski definition) is 2. The van der Waals surface area contributed by atoms with Crippen LogP contribution in [0.1, 0.15) is 52.4 Å². The lowest BCUT2D eigenvalue weighted by Gasteiger charge is -2.16. The summed E-state index contributed by atoms with van der Waals surface area (Å²) < 4.78 is 0. The minimum atomic E-state index is -1.03. The monoisotopic (exact) mass is 230 g/mol. The number of rotatable bonds is 9. The van der Waals surface area contributed by atoms with Crippen LogP contribution in [0.25, 0.3) is 0 Å². The van der Waals surface area contributed by atoms with Crippen LogP contribution in [0.5, 0.6) is 0 Å². The number of carboxylic acids is 2. The fraction of sp³-hybridized carbons (Fsp3) is 0.833. The van der Waals surface area contributed by atoms with Crippen molar-refractivity contribution in [1.82, 2.24) is 0 Å². The molecule has 0 bridgehead atoms. The van der Waals surface area contributed by atoms with Crippen molar-refractivity contribution in [2.45, 2.75) is 52.4 Å². The maximum Gasteiger partial charge on any atom is 0.307 e. The van der Waals surface area contributed by atoms with Gasteiger partial charge in [-0.05, 0) is 6.42 Å². The van der Waals surface area contributed by atoms with Crippen molar-refractivity contribution in [3.8, 4) is 0 Å². The molecule has 94 valence electrons. The Morgan fingerprint density at radius 1 is 1.00 bits per heavy atom. The Hall–Kier alpha value is -1.06.